The number of hydrogen-bond acceptors (Lipinski definition) is 6. The Hall–Kier alpha value is -1.14. The van der Waals surface area contributed by atoms with Crippen LogP contribution >= 0.6 is 0 Å². The smallest absolute Gasteiger partial charge is 0.265 e. The van der Waals surface area contributed by atoms with Crippen molar-refractivity contribution in [3.8, 4) is 0 Å². The molecule has 146 valence electrons. The fourth-order valence-electron chi connectivity index (χ4n) is 3.57. The van der Waals surface area contributed by atoms with E-state index < -0.39 is 22.8 Å². The number of hydrogen-bond donors (Lipinski definition) is 0. The highest BCUT2D eigenvalue weighted by Crippen LogP contribution is 2.45. The summed E-state index contributed by atoms with van der Waals surface area (Å²) in [6.07, 6.45) is 6.91. The van der Waals surface area contributed by atoms with Gasteiger partial charge in [0.25, 0.3) is 0 Å². The van der Waals surface area contributed by atoms with Gasteiger partial charge in [-0.3, -0.25) is 9.78 Å². The minimum Gasteiger partial charge on any atom is -0.265 e. The first-order valence-electron chi connectivity index (χ1n) is 9.13. The van der Waals surface area contributed by atoms with Gasteiger partial charge in [-0.25, -0.2) is 9.59 Å². The van der Waals surface area contributed by atoms with E-state index in [1.165, 1.54) is 32.1 Å². The molecule has 0 heterocycles. The molecular formula is C19H34O6. The van der Waals surface area contributed by atoms with E-state index in [1.54, 1.807) is 20.8 Å². The molecule has 0 bridgehead atoms. The van der Waals surface area contributed by atoms with Gasteiger partial charge in [-0.2, -0.15) is 0 Å². The van der Waals surface area contributed by atoms with Crippen molar-refractivity contribution in [3.05, 3.63) is 0 Å². The zero-order valence-electron chi connectivity index (χ0n) is 16.8. The second kappa shape index (κ2) is 8.49. The lowest BCUT2D eigenvalue weighted by Gasteiger charge is -2.41. The monoisotopic (exact) mass is 358 g/mol. The molecule has 0 unspecified atom stereocenters. The Morgan fingerprint density at radius 3 is 1.76 bits per heavy atom. The predicted octanol–water partition coefficient (Wildman–Crippen LogP) is 4.92. The van der Waals surface area contributed by atoms with E-state index in [4.69, 9.17) is 0 Å². The molecule has 0 aromatic heterocycles. The van der Waals surface area contributed by atoms with E-state index in [9.17, 15) is 9.59 Å². The van der Waals surface area contributed by atoms with E-state index in [0.29, 0.717) is 12.3 Å². The molecular weight excluding hydrogens is 324 g/mol. The minimum atomic E-state index is -0.739. The van der Waals surface area contributed by atoms with E-state index in [1.807, 2.05) is 13.8 Å². The lowest BCUT2D eigenvalue weighted by molar-refractivity contribution is -0.602. The van der Waals surface area contributed by atoms with Gasteiger partial charge in [0.15, 0.2) is 0 Å². The van der Waals surface area contributed by atoms with Crippen LogP contribution in [-0.2, 0) is 29.4 Å². The van der Waals surface area contributed by atoms with Crippen LogP contribution in [0.15, 0.2) is 0 Å². The van der Waals surface area contributed by atoms with Gasteiger partial charge < -0.3 is 0 Å². The Morgan fingerprint density at radius 1 is 0.800 bits per heavy atom. The Labute approximate surface area is 151 Å². The summed E-state index contributed by atoms with van der Waals surface area (Å²) in [6, 6.07) is 0. The van der Waals surface area contributed by atoms with Crippen LogP contribution < -0.4 is 0 Å². The molecule has 25 heavy (non-hydrogen) atoms. The minimum absolute atomic E-state index is 0.0303. The van der Waals surface area contributed by atoms with Gasteiger partial charge in [0, 0.05) is 10.1 Å². The van der Waals surface area contributed by atoms with Crippen LogP contribution in [0.5, 0.6) is 0 Å². The standard InChI is InChI=1S/C19H34O6/c1-17(2,3)15(20)22-24-25-23-16(21)19(6,7)13-18(4,5)14-11-9-8-10-12-14/h14H,8-13H2,1-7H3. The lowest BCUT2D eigenvalue weighted by Crippen LogP contribution is -2.36. The van der Waals surface area contributed by atoms with Crippen LogP contribution in [-0.4, -0.2) is 11.9 Å². The van der Waals surface area contributed by atoms with E-state index in [-0.39, 0.29) is 5.41 Å². The quantitative estimate of drug-likeness (QED) is 0.365. The van der Waals surface area contributed by atoms with E-state index in [0.717, 1.165) is 0 Å². The largest absolute Gasteiger partial charge is 0.351 e. The van der Waals surface area contributed by atoms with Crippen LogP contribution in [0.2, 0.25) is 0 Å². The summed E-state index contributed by atoms with van der Waals surface area (Å²) in [6.45, 7) is 13.1. The summed E-state index contributed by atoms with van der Waals surface area (Å²) in [7, 11) is 0. The van der Waals surface area contributed by atoms with Crippen molar-refractivity contribution >= 4 is 11.9 Å². The summed E-state index contributed by atoms with van der Waals surface area (Å²) >= 11 is 0. The molecule has 0 amide bonds. The van der Waals surface area contributed by atoms with Crippen LogP contribution in [0.3, 0.4) is 0 Å². The molecule has 6 nitrogen and oxygen atoms in total. The van der Waals surface area contributed by atoms with Crippen molar-refractivity contribution in [2.75, 3.05) is 0 Å². The second-order valence-electron chi connectivity index (χ2n) is 9.51. The molecule has 0 aromatic rings. The third-order valence-electron chi connectivity index (χ3n) is 5.02. The SMILES string of the molecule is CC(C)(C)C(=O)OOOOC(=O)C(C)(C)CC(C)(C)C1CCCCC1. The molecule has 1 rings (SSSR count). The van der Waals surface area contributed by atoms with Crippen LogP contribution in [0.1, 0.15) is 87.0 Å². The lowest BCUT2D eigenvalue weighted by atomic mass is 9.64. The topological polar surface area (TPSA) is 71.1 Å². The molecule has 0 saturated heterocycles. The fourth-order valence-corrected chi connectivity index (χ4v) is 3.57. The Kier molecular flexibility index (Phi) is 7.44. The summed E-state index contributed by atoms with van der Waals surface area (Å²) in [4.78, 5) is 32.9. The second-order valence-corrected chi connectivity index (χ2v) is 9.51. The average molecular weight is 358 g/mol. The van der Waals surface area contributed by atoms with Crippen molar-refractivity contribution in [2.45, 2.75) is 87.0 Å². The molecule has 1 aliphatic carbocycles. The summed E-state index contributed by atoms with van der Waals surface area (Å²) < 4.78 is 0. The van der Waals surface area contributed by atoms with Crippen molar-refractivity contribution in [1.29, 1.82) is 0 Å². The molecule has 0 aromatic carbocycles. The fraction of sp³-hybridized carbons (Fsp3) is 0.895. The molecule has 0 atom stereocenters. The molecule has 0 spiro atoms. The highest BCUT2D eigenvalue weighted by molar-refractivity contribution is 5.75. The van der Waals surface area contributed by atoms with Crippen LogP contribution in [0, 0.1) is 22.2 Å². The van der Waals surface area contributed by atoms with Crippen molar-refractivity contribution in [2.24, 2.45) is 22.2 Å². The maximum Gasteiger partial charge on any atom is 0.351 e. The van der Waals surface area contributed by atoms with Gasteiger partial charge in [-0.15, -0.1) is 0 Å². The molecule has 0 radical (unpaired) electrons. The third kappa shape index (κ3) is 6.94. The van der Waals surface area contributed by atoms with Gasteiger partial charge in [0.1, 0.15) is 0 Å². The van der Waals surface area contributed by atoms with Gasteiger partial charge in [0.2, 0.25) is 0 Å². The molecule has 1 saturated carbocycles. The van der Waals surface area contributed by atoms with E-state index in [2.05, 4.69) is 33.7 Å². The first-order chi connectivity index (χ1) is 11.4. The van der Waals surface area contributed by atoms with Crippen molar-refractivity contribution in [1.82, 2.24) is 0 Å². The number of rotatable bonds is 7. The predicted molar refractivity (Wildman–Crippen MR) is 92.6 cm³/mol. The van der Waals surface area contributed by atoms with Gasteiger partial charge in [-0.1, -0.05) is 33.1 Å². The Morgan fingerprint density at radius 2 is 1.28 bits per heavy atom. The van der Waals surface area contributed by atoms with Gasteiger partial charge in [-0.05, 0) is 65.2 Å². The molecule has 0 N–H and O–H groups in total. The first-order valence-corrected chi connectivity index (χ1v) is 9.13. The zero-order valence-corrected chi connectivity index (χ0v) is 16.8. The Bertz CT molecular complexity index is 455. The normalized spacial score (nSPS) is 17.2. The van der Waals surface area contributed by atoms with Crippen molar-refractivity contribution < 1.29 is 29.4 Å². The third-order valence-corrected chi connectivity index (χ3v) is 5.02. The summed E-state index contributed by atoms with van der Waals surface area (Å²) in [5.41, 5.74) is -1.45. The first kappa shape index (κ1) is 21.9. The van der Waals surface area contributed by atoms with Crippen molar-refractivity contribution in [3.63, 3.8) is 0 Å². The van der Waals surface area contributed by atoms with Gasteiger partial charge >= 0.3 is 11.9 Å². The maximum absolute atomic E-state index is 12.3. The van der Waals surface area contributed by atoms with Crippen LogP contribution in [0.25, 0.3) is 0 Å². The number of carbonyl (C=O) groups is 2. The highest BCUT2D eigenvalue weighted by atomic mass is 17.7. The Balaban J connectivity index is 2.46. The van der Waals surface area contributed by atoms with Gasteiger partial charge in [0.05, 0.1) is 10.8 Å². The van der Waals surface area contributed by atoms with E-state index >= 15 is 0 Å². The molecule has 6 heteroatoms. The van der Waals surface area contributed by atoms with Crippen LogP contribution in [0.4, 0.5) is 0 Å². The molecule has 0 aliphatic heterocycles. The summed E-state index contributed by atoms with van der Waals surface area (Å²) in [5.74, 6) is -0.567. The zero-order chi connectivity index (χ0) is 19.3. The summed E-state index contributed by atoms with van der Waals surface area (Å²) in [5, 5.41) is 8.56. The maximum atomic E-state index is 12.3. The number of carbonyl (C=O) groups excluding carboxylic acids is 2. The average Bonchev–Trinajstić information content (AvgIpc) is 2.50. The molecule has 1 fully saturated rings. The highest BCUT2D eigenvalue weighted by Gasteiger charge is 2.41. The molecule has 1 aliphatic rings.